The van der Waals surface area contributed by atoms with Crippen molar-refractivity contribution in [1.29, 1.82) is 0 Å². The van der Waals surface area contributed by atoms with Crippen molar-refractivity contribution in [2.24, 2.45) is 0 Å². The average molecular weight is 532 g/mol. The standard InChI is InChI=1S/C22H14ClN3O9S/c23-21-20(12-4-2-1-3-5-12)13(8-17(26(30)31)22(21)36(32,33)34)11-24-16-10-19(27)35-18-7-6-14(25(28)29)9-15(16)18/h1-10,24H,11H2,(H,32,33,34). The lowest BCUT2D eigenvalue weighted by Gasteiger charge is -2.16. The topological polar surface area (TPSA) is 183 Å². The molecule has 0 unspecified atom stereocenters. The number of anilines is 1. The van der Waals surface area contributed by atoms with Gasteiger partial charge in [0.1, 0.15) is 5.58 Å². The van der Waals surface area contributed by atoms with E-state index in [4.69, 9.17) is 16.0 Å². The van der Waals surface area contributed by atoms with Crippen LogP contribution in [-0.4, -0.2) is 22.8 Å². The summed E-state index contributed by atoms with van der Waals surface area (Å²) >= 11 is 6.33. The molecule has 36 heavy (non-hydrogen) atoms. The van der Waals surface area contributed by atoms with Crippen molar-refractivity contribution in [3.8, 4) is 11.1 Å². The first-order valence-electron chi connectivity index (χ1n) is 9.96. The molecule has 0 saturated heterocycles. The Hall–Kier alpha value is -4.33. The molecule has 3 aromatic carbocycles. The van der Waals surface area contributed by atoms with E-state index in [1.165, 1.54) is 18.2 Å². The van der Waals surface area contributed by atoms with E-state index < -0.39 is 41.2 Å². The molecule has 0 spiro atoms. The van der Waals surface area contributed by atoms with E-state index in [1.54, 1.807) is 30.3 Å². The molecule has 184 valence electrons. The summed E-state index contributed by atoms with van der Waals surface area (Å²) in [6.45, 7) is -0.224. The maximum atomic E-state index is 12.0. The molecular formula is C22H14ClN3O9S. The lowest BCUT2D eigenvalue weighted by Crippen LogP contribution is -2.10. The van der Waals surface area contributed by atoms with E-state index in [1.807, 2.05) is 0 Å². The van der Waals surface area contributed by atoms with Crippen LogP contribution in [-0.2, 0) is 16.7 Å². The summed E-state index contributed by atoms with van der Waals surface area (Å²) in [4.78, 5) is 32.2. The largest absolute Gasteiger partial charge is 0.423 e. The van der Waals surface area contributed by atoms with Gasteiger partial charge in [-0.05, 0) is 17.2 Å². The van der Waals surface area contributed by atoms with Crippen molar-refractivity contribution in [3.63, 3.8) is 0 Å². The zero-order valence-electron chi connectivity index (χ0n) is 17.9. The van der Waals surface area contributed by atoms with E-state index in [2.05, 4.69) is 5.32 Å². The van der Waals surface area contributed by atoms with Crippen LogP contribution in [0.4, 0.5) is 17.1 Å². The predicted molar refractivity (Wildman–Crippen MR) is 130 cm³/mol. The SMILES string of the molecule is O=c1cc(NCc2cc([N+](=O)[O-])c(S(=O)(=O)O)c(Cl)c2-c2ccccc2)c2cc([N+](=O)[O-])ccc2o1. The van der Waals surface area contributed by atoms with Crippen LogP contribution in [0.2, 0.25) is 5.02 Å². The minimum atomic E-state index is -5.08. The highest BCUT2D eigenvalue weighted by atomic mass is 35.5. The van der Waals surface area contributed by atoms with E-state index >= 15 is 0 Å². The third-order valence-corrected chi connectivity index (χ3v) is 6.63. The quantitative estimate of drug-likeness (QED) is 0.145. The van der Waals surface area contributed by atoms with Crippen molar-refractivity contribution in [1.82, 2.24) is 0 Å². The Balaban J connectivity index is 1.91. The number of hydrogen-bond donors (Lipinski definition) is 2. The van der Waals surface area contributed by atoms with Gasteiger partial charge in [0.25, 0.3) is 11.4 Å². The fourth-order valence-electron chi connectivity index (χ4n) is 3.71. The molecule has 1 aromatic heterocycles. The van der Waals surface area contributed by atoms with Gasteiger partial charge in [-0.1, -0.05) is 41.9 Å². The molecule has 14 heteroatoms. The summed E-state index contributed by atoms with van der Waals surface area (Å²) in [5.74, 6) is 0. The Morgan fingerprint density at radius 1 is 1.00 bits per heavy atom. The van der Waals surface area contributed by atoms with Crippen molar-refractivity contribution < 1.29 is 27.2 Å². The average Bonchev–Trinajstić information content (AvgIpc) is 2.81. The number of fused-ring (bicyclic) bond motifs is 1. The smallest absolute Gasteiger partial charge is 0.338 e. The van der Waals surface area contributed by atoms with Crippen molar-refractivity contribution in [2.45, 2.75) is 11.4 Å². The zero-order valence-corrected chi connectivity index (χ0v) is 19.4. The van der Waals surface area contributed by atoms with E-state index in [0.717, 1.165) is 12.1 Å². The molecule has 2 N–H and O–H groups in total. The van der Waals surface area contributed by atoms with E-state index in [9.17, 15) is 38.0 Å². The number of non-ortho nitro benzene ring substituents is 1. The van der Waals surface area contributed by atoms with Gasteiger partial charge in [-0.3, -0.25) is 24.8 Å². The molecule has 0 radical (unpaired) electrons. The van der Waals surface area contributed by atoms with Gasteiger partial charge in [0.15, 0.2) is 4.90 Å². The van der Waals surface area contributed by atoms with Crippen molar-refractivity contribution >= 4 is 49.8 Å². The third kappa shape index (κ3) is 4.75. The van der Waals surface area contributed by atoms with Crippen molar-refractivity contribution in [3.05, 3.63) is 102 Å². The molecule has 0 aliphatic heterocycles. The molecular weight excluding hydrogens is 518 g/mol. The Labute approximate surface area is 206 Å². The van der Waals surface area contributed by atoms with E-state index in [-0.39, 0.29) is 40.0 Å². The molecule has 0 atom stereocenters. The Morgan fingerprint density at radius 3 is 2.31 bits per heavy atom. The van der Waals surface area contributed by atoms with Crippen LogP contribution in [0.5, 0.6) is 0 Å². The normalized spacial score (nSPS) is 11.4. The predicted octanol–water partition coefficient (Wildman–Crippen LogP) is 4.79. The van der Waals surface area contributed by atoms with Gasteiger partial charge in [-0.15, -0.1) is 0 Å². The molecule has 4 aromatic rings. The van der Waals surface area contributed by atoms with Gasteiger partial charge in [0.05, 0.1) is 20.6 Å². The number of nitro benzene ring substituents is 2. The molecule has 0 aliphatic carbocycles. The summed E-state index contributed by atoms with van der Waals surface area (Å²) in [6.07, 6.45) is 0. The molecule has 0 saturated carbocycles. The maximum Gasteiger partial charge on any atom is 0.338 e. The molecule has 0 aliphatic rings. The molecule has 0 amide bonds. The number of benzene rings is 3. The lowest BCUT2D eigenvalue weighted by molar-refractivity contribution is -0.387. The lowest BCUT2D eigenvalue weighted by atomic mass is 9.98. The summed E-state index contributed by atoms with van der Waals surface area (Å²) in [7, 11) is -5.08. The fourth-order valence-corrected chi connectivity index (χ4v) is 5.05. The summed E-state index contributed by atoms with van der Waals surface area (Å²) in [5.41, 5.74) is -1.16. The summed E-state index contributed by atoms with van der Waals surface area (Å²) in [5, 5.41) is 25.4. The van der Waals surface area contributed by atoms with Gasteiger partial charge in [0, 0.05) is 41.8 Å². The van der Waals surface area contributed by atoms with Gasteiger partial charge in [0.2, 0.25) is 0 Å². The number of nitrogens with zero attached hydrogens (tertiary/aromatic N) is 2. The number of rotatable bonds is 7. The first-order chi connectivity index (χ1) is 17.0. The molecule has 1 heterocycles. The second-order valence-electron chi connectivity index (χ2n) is 7.44. The minimum absolute atomic E-state index is 0.0598. The van der Waals surface area contributed by atoms with Crippen LogP contribution in [0.15, 0.2) is 74.8 Å². The van der Waals surface area contributed by atoms with Crippen LogP contribution >= 0.6 is 11.6 Å². The second kappa shape index (κ2) is 9.37. The fraction of sp³-hybridized carbons (Fsp3) is 0.0455. The highest BCUT2D eigenvalue weighted by molar-refractivity contribution is 7.86. The first kappa shape index (κ1) is 24.8. The number of nitrogens with one attached hydrogen (secondary N) is 1. The highest BCUT2D eigenvalue weighted by Gasteiger charge is 2.32. The minimum Gasteiger partial charge on any atom is -0.423 e. The van der Waals surface area contributed by atoms with Crippen molar-refractivity contribution in [2.75, 3.05) is 5.32 Å². The van der Waals surface area contributed by atoms with Crippen LogP contribution in [0.1, 0.15) is 5.56 Å². The van der Waals surface area contributed by atoms with Crippen LogP contribution in [0.25, 0.3) is 22.1 Å². The molecule has 0 fully saturated rings. The van der Waals surface area contributed by atoms with Crippen LogP contribution in [0, 0.1) is 20.2 Å². The maximum absolute atomic E-state index is 12.0. The van der Waals surface area contributed by atoms with Gasteiger partial charge in [-0.2, -0.15) is 8.42 Å². The Bertz CT molecular complexity index is 1700. The number of nitro groups is 2. The first-order valence-corrected chi connectivity index (χ1v) is 11.8. The van der Waals surface area contributed by atoms with Crippen LogP contribution in [0.3, 0.4) is 0 Å². The van der Waals surface area contributed by atoms with E-state index in [0.29, 0.717) is 5.56 Å². The highest BCUT2D eigenvalue weighted by Crippen LogP contribution is 2.42. The zero-order chi connectivity index (χ0) is 26.2. The molecule has 4 rings (SSSR count). The third-order valence-electron chi connectivity index (χ3n) is 5.21. The van der Waals surface area contributed by atoms with Gasteiger partial charge < -0.3 is 9.73 Å². The van der Waals surface area contributed by atoms with Gasteiger partial charge >= 0.3 is 15.7 Å². The number of halogens is 1. The second-order valence-corrected chi connectivity index (χ2v) is 9.18. The molecule has 12 nitrogen and oxygen atoms in total. The Morgan fingerprint density at radius 2 is 1.69 bits per heavy atom. The number of hydrogen-bond acceptors (Lipinski definition) is 9. The Kier molecular flexibility index (Phi) is 6.45. The monoisotopic (exact) mass is 531 g/mol. The summed E-state index contributed by atoms with van der Waals surface area (Å²) < 4.78 is 38.7. The molecule has 0 bridgehead atoms. The van der Waals surface area contributed by atoms with Gasteiger partial charge in [-0.25, -0.2) is 4.79 Å². The van der Waals surface area contributed by atoms with Crippen LogP contribution < -0.4 is 10.9 Å². The summed E-state index contributed by atoms with van der Waals surface area (Å²) in [6, 6.07) is 13.7.